The summed E-state index contributed by atoms with van der Waals surface area (Å²) in [6.07, 6.45) is 3.29. The summed E-state index contributed by atoms with van der Waals surface area (Å²) in [6, 6.07) is 11.6. The quantitative estimate of drug-likeness (QED) is 0.557. The van der Waals surface area contributed by atoms with Crippen molar-refractivity contribution >= 4 is 6.41 Å². The van der Waals surface area contributed by atoms with Crippen LogP contribution in [0.15, 0.2) is 41.2 Å². The van der Waals surface area contributed by atoms with Crippen LogP contribution >= 0.6 is 0 Å². The third kappa shape index (κ3) is 7.50. The van der Waals surface area contributed by atoms with Crippen LogP contribution in [0.5, 0.6) is 5.75 Å². The van der Waals surface area contributed by atoms with Crippen LogP contribution in [0.1, 0.15) is 43.5 Å². The SMILES string of the molecule is CCN(C)C=O.CCOc1cc(C)n(Cc2ccc(C#CC3CC3)cc2)c(=O)c1. The molecule has 1 fully saturated rings. The van der Waals surface area contributed by atoms with Crippen LogP contribution in [0, 0.1) is 24.7 Å². The first-order chi connectivity index (χ1) is 14.0. The average molecular weight is 395 g/mol. The van der Waals surface area contributed by atoms with Gasteiger partial charge in [-0.2, -0.15) is 0 Å². The smallest absolute Gasteiger partial charge is 0.254 e. The molecule has 2 aromatic rings. The third-order valence-electron chi connectivity index (χ3n) is 4.59. The second-order valence-electron chi connectivity index (χ2n) is 7.11. The minimum atomic E-state index is -0.0361. The molecule has 1 amide bonds. The molecule has 1 heterocycles. The van der Waals surface area contributed by atoms with Gasteiger partial charge in [0.2, 0.25) is 6.41 Å². The number of carbonyl (C=O) groups is 1. The normalized spacial score (nSPS) is 12.1. The zero-order chi connectivity index (χ0) is 21.2. The van der Waals surface area contributed by atoms with Crippen LogP contribution in [0.4, 0.5) is 0 Å². The Kier molecular flexibility index (Phi) is 8.54. The second-order valence-corrected chi connectivity index (χ2v) is 7.11. The molecule has 1 aromatic heterocycles. The summed E-state index contributed by atoms with van der Waals surface area (Å²) in [5.74, 6) is 7.71. The predicted molar refractivity (Wildman–Crippen MR) is 116 cm³/mol. The molecule has 0 radical (unpaired) electrons. The Bertz CT molecular complexity index is 916. The minimum absolute atomic E-state index is 0.0361. The number of aromatic nitrogens is 1. The molecule has 1 saturated carbocycles. The fraction of sp³-hybridized carbons (Fsp3) is 0.417. The molecule has 5 nitrogen and oxygen atoms in total. The summed E-state index contributed by atoms with van der Waals surface area (Å²) in [4.78, 5) is 23.5. The summed E-state index contributed by atoms with van der Waals surface area (Å²) < 4.78 is 7.17. The van der Waals surface area contributed by atoms with E-state index in [1.807, 2.05) is 51.1 Å². The van der Waals surface area contributed by atoms with Crippen molar-refractivity contribution in [2.24, 2.45) is 5.92 Å². The number of hydrogen-bond acceptors (Lipinski definition) is 3. The zero-order valence-corrected chi connectivity index (χ0v) is 17.8. The Morgan fingerprint density at radius 2 is 1.90 bits per heavy atom. The summed E-state index contributed by atoms with van der Waals surface area (Å²) in [7, 11) is 1.74. The van der Waals surface area contributed by atoms with Gasteiger partial charge in [0, 0.05) is 36.8 Å². The molecule has 1 aliphatic rings. The monoisotopic (exact) mass is 394 g/mol. The van der Waals surface area contributed by atoms with Crippen molar-refractivity contribution in [3.63, 3.8) is 0 Å². The molecule has 5 heteroatoms. The molecule has 0 unspecified atom stereocenters. The van der Waals surface area contributed by atoms with E-state index in [1.165, 1.54) is 12.8 Å². The lowest BCUT2D eigenvalue weighted by Gasteiger charge is -2.12. The van der Waals surface area contributed by atoms with Crippen LogP contribution in [0.25, 0.3) is 0 Å². The van der Waals surface area contributed by atoms with Crippen LogP contribution in [-0.2, 0) is 11.3 Å². The van der Waals surface area contributed by atoms with Crippen molar-refractivity contribution in [1.29, 1.82) is 0 Å². The molecule has 0 bridgehead atoms. The summed E-state index contributed by atoms with van der Waals surface area (Å²) in [5, 5.41) is 0. The predicted octanol–water partition coefficient (Wildman–Crippen LogP) is 3.46. The van der Waals surface area contributed by atoms with Gasteiger partial charge >= 0.3 is 0 Å². The topological polar surface area (TPSA) is 51.5 Å². The van der Waals surface area contributed by atoms with Gasteiger partial charge < -0.3 is 14.2 Å². The fourth-order valence-electron chi connectivity index (χ4n) is 2.52. The van der Waals surface area contributed by atoms with Crippen molar-refractivity contribution in [2.75, 3.05) is 20.2 Å². The number of amides is 1. The number of aryl methyl sites for hydroxylation is 1. The van der Waals surface area contributed by atoms with Crippen molar-refractivity contribution < 1.29 is 9.53 Å². The van der Waals surface area contributed by atoms with Crippen molar-refractivity contribution in [1.82, 2.24) is 9.47 Å². The zero-order valence-electron chi connectivity index (χ0n) is 17.8. The Morgan fingerprint density at radius 1 is 1.21 bits per heavy atom. The highest BCUT2D eigenvalue weighted by Crippen LogP contribution is 2.27. The van der Waals surface area contributed by atoms with E-state index in [-0.39, 0.29) is 5.56 Å². The van der Waals surface area contributed by atoms with Gasteiger partial charge in [0.15, 0.2) is 0 Å². The Morgan fingerprint density at radius 3 is 2.38 bits per heavy atom. The number of hydrogen-bond donors (Lipinski definition) is 0. The van der Waals surface area contributed by atoms with Crippen LogP contribution in [0.2, 0.25) is 0 Å². The van der Waals surface area contributed by atoms with Crippen LogP contribution in [-0.4, -0.2) is 36.1 Å². The lowest BCUT2D eigenvalue weighted by Crippen LogP contribution is -2.22. The summed E-state index contributed by atoms with van der Waals surface area (Å²) in [5.41, 5.74) is 3.00. The van der Waals surface area contributed by atoms with E-state index in [1.54, 1.807) is 22.6 Å². The van der Waals surface area contributed by atoms with Crippen molar-refractivity contribution in [3.8, 4) is 17.6 Å². The molecule has 1 aliphatic carbocycles. The van der Waals surface area contributed by atoms with Crippen LogP contribution < -0.4 is 10.3 Å². The molecule has 29 heavy (non-hydrogen) atoms. The second kappa shape index (κ2) is 11.1. The van der Waals surface area contributed by atoms with Gasteiger partial charge in [0.05, 0.1) is 13.2 Å². The maximum absolute atomic E-state index is 12.3. The maximum atomic E-state index is 12.3. The lowest BCUT2D eigenvalue weighted by atomic mass is 10.1. The molecule has 154 valence electrons. The molecule has 1 aromatic carbocycles. The largest absolute Gasteiger partial charge is 0.494 e. The highest BCUT2D eigenvalue weighted by Gasteiger charge is 2.17. The first-order valence-corrected chi connectivity index (χ1v) is 10.1. The van der Waals surface area contributed by atoms with Gasteiger partial charge in [-0.25, -0.2) is 0 Å². The number of nitrogens with zero attached hydrogens (tertiary/aromatic N) is 2. The summed E-state index contributed by atoms with van der Waals surface area (Å²) in [6.45, 7) is 7.69. The van der Waals surface area contributed by atoms with E-state index in [0.717, 1.165) is 29.8 Å². The molecule has 0 spiro atoms. The fourth-order valence-corrected chi connectivity index (χ4v) is 2.52. The number of carbonyl (C=O) groups excluding carboxylic acids is 1. The first kappa shape index (κ1) is 22.3. The Balaban J connectivity index is 0.000000438. The third-order valence-corrected chi connectivity index (χ3v) is 4.59. The molecular weight excluding hydrogens is 364 g/mol. The van der Waals surface area contributed by atoms with E-state index in [2.05, 4.69) is 11.8 Å². The van der Waals surface area contributed by atoms with E-state index in [4.69, 9.17) is 4.74 Å². The molecule has 3 rings (SSSR count). The molecule has 0 atom stereocenters. The van der Waals surface area contributed by atoms with Crippen molar-refractivity contribution in [3.05, 3.63) is 63.6 Å². The highest BCUT2D eigenvalue weighted by atomic mass is 16.5. The molecular formula is C24H30N2O3. The number of pyridine rings is 1. The van der Waals surface area contributed by atoms with Gasteiger partial charge in [-0.15, -0.1) is 0 Å². The number of rotatable bonds is 6. The summed E-state index contributed by atoms with van der Waals surface area (Å²) >= 11 is 0. The van der Waals surface area contributed by atoms with Crippen LogP contribution in [0.3, 0.4) is 0 Å². The Labute approximate surface area is 173 Å². The van der Waals surface area contributed by atoms with E-state index >= 15 is 0 Å². The highest BCUT2D eigenvalue weighted by molar-refractivity contribution is 5.45. The van der Waals surface area contributed by atoms with Crippen molar-refractivity contribution in [2.45, 2.75) is 40.2 Å². The van der Waals surface area contributed by atoms with E-state index in [0.29, 0.717) is 24.8 Å². The van der Waals surface area contributed by atoms with E-state index in [9.17, 15) is 9.59 Å². The maximum Gasteiger partial charge on any atom is 0.254 e. The van der Waals surface area contributed by atoms with Gasteiger partial charge in [0.25, 0.3) is 5.56 Å². The van der Waals surface area contributed by atoms with Gasteiger partial charge in [0.1, 0.15) is 5.75 Å². The Hall–Kier alpha value is -3.00. The van der Waals surface area contributed by atoms with Gasteiger partial charge in [-0.05, 0) is 57.4 Å². The molecule has 0 saturated heterocycles. The standard InChI is InChI=1S/C20H21NO2.C4H9NO/c1-3-23-19-12-15(2)21(20(22)13-19)14-18-10-8-17(9-11-18)7-6-16-4-5-16;1-3-5(2)4-6/h8-13,16H,3-5,14H2,1-2H3;4H,3H2,1-2H3. The average Bonchev–Trinajstić information content (AvgIpc) is 3.55. The van der Waals surface area contributed by atoms with Gasteiger partial charge in [-0.1, -0.05) is 24.0 Å². The number of benzene rings is 1. The molecule has 0 N–H and O–H groups in total. The molecule has 0 aliphatic heterocycles. The number of ether oxygens (including phenoxy) is 1. The first-order valence-electron chi connectivity index (χ1n) is 10.1. The van der Waals surface area contributed by atoms with E-state index < -0.39 is 0 Å². The minimum Gasteiger partial charge on any atom is -0.494 e. The van der Waals surface area contributed by atoms with Gasteiger partial charge in [-0.3, -0.25) is 9.59 Å². The lowest BCUT2D eigenvalue weighted by molar-refractivity contribution is -0.116.